The number of anilines is 1. The van der Waals surface area contributed by atoms with Gasteiger partial charge in [0.1, 0.15) is 0 Å². The molecule has 0 saturated heterocycles. The topological polar surface area (TPSA) is 55.3 Å². The average Bonchev–Trinajstić information content (AvgIpc) is 2.27. The molecule has 82 valence electrons. The number of rotatable bonds is 3. The predicted octanol–water partition coefficient (Wildman–Crippen LogP) is 0.976. The van der Waals surface area contributed by atoms with Gasteiger partial charge in [0, 0.05) is 18.8 Å². The third kappa shape index (κ3) is 2.30. The number of fused-ring (bicyclic) bond motifs is 1. The number of nitrogens with zero attached hydrogens (tertiary/aromatic N) is 1. The molecule has 1 aliphatic heterocycles. The molecular weight excluding hydrogens is 186 g/mol. The Bertz CT molecular complexity index is 336. The summed E-state index contributed by atoms with van der Waals surface area (Å²) in [6.07, 6.45) is 2.19. The maximum atomic E-state index is 5.98. The van der Waals surface area contributed by atoms with Gasteiger partial charge in [0.05, 0.1) is 0 Å². The Kier molecular flexibility index (Phi) is 3.23. The van der Waals surface area contributed by atoms with Crippen LogP contribution in [0.2, 0.25) is 0 Å². The van der Waals surface area contributed by atoms with Crippen LogP contribution in [-0.4, -0.2) is 24.5 Å². The van der Waals surface area contributed by atoms with Crippen LogP contribution in [-0.2, 0) is 13.0 Å². The minimum Gasteiger partial charge on any atom is -0.398 e. The molecule has 2 rings (SSSR count). The maximum absolute atomic E-state index is 5.98. The first-order valence-corrected chi connectivity index (χ1v) is 5.60. The van der Waals surface area contributed by atoms with Crippen molar-refractivity contribution in [3.63, 3.8) is 0 Å². The molecule has 0 amide bonds. The monoisotopic (exact) mass is 205 g/mol. The smallest absolute Gasteiger partial charge is 0.0362 e. The molecule has 3 nitrogen and oxygen atoms in total. The van der Waals surface area contributed by atoms with Crippen LogP contribution in [0.4, 0.5) is 5.69 Å². The molecule has 3 heteroatoms. The van der Waals surface area contributed by atoms with Gasteiger partial charge in [-0.15, -0.1) is 0 Å². The van der Waals surface area contributed by atoms with Crippen molar-refractivity contribution in [3.8, 4) is 0 Å². The summed E-state index contributed by atoms with van der Waals surface area (Å²) in [4.78, 5) is 2.44. The van der Waals surface area contributed by atoms with Crippen LogP contribution < -0.4 is 11.5 Å². The first-order chi connectivity index (χ1) is 7.31. The van der Waals surface area contributed by atoms with Crippen LogP contribution in [0.1, 0.15) is 17.5 Å². The number of nitrogen functional groups attached to an aromatic ring is 1. The van der Waals surface area contributed by atoms with E-state index in [2.05, 4.69) is 11.0 Å². The van der Waals surface area contributed by atoms with E-state index in [1.54, 1.807) is 0 Å². The molecule has 1 aromatic carbocycles. The largest absolute Gasteiger partial charge is 0.398 e. The number of hydrogen-bond acceptors (Lipinski definition) is 3. The molecule has 0 aliphatic carbocycles. The molecule has 4 N–H and O–H groups in total. The number of hydrogen-bond donors (Lipinski definition) is 2. The van der Waals surface area contributed by atoms with Gasteiger partial charge in [-0.1, -0.05) is 12.1 Å². The Labute approximate surface area is 91.1 Å². The second kappa shape index (κ2) is 4.64. The number of nitrogens with two attached hydrogens (primary N) is 2. The first-order valence-electron chi connectivity index (χ1n) is 5.60. The van der Waals surface area contributed by atoms with Crippen molar-refractivity contribution >= 4 is 5.69 Å². The zero-order valence-corrected chi connectivity index (χ0v) is 9.08. The zero-order chi connectivity index (χ0) is 10.7. The third-order valence-corrected chi connectivity index (χ3v) is 3.07. The van der Waals surface area contributed by atoms with Crippen LogP contribution in [0, 0.1) is 0 Å². The van der Waals surface area contributed by atoms with Gasteiger partial charge in [-0.3, -0.25) is 4.90 Å². The van der Waals surface area contributed by atoms with Gasteiger partial charge in [-0.25, -0.2) is 0 Å². The van der Waals surface area contributed by atoms with Crippen molar-refractivity contribution in [2.45, 2.75) is 19.4 Å². The lowest BCUT2D eigenvalue weighted by atomic mass is 9.98. The molecule has 0 radical (unpaired) electrons. The average molecular weight is 205 g/mol. The highest BCUT2D eigenvalue weighted by atomic mass is 15.1. The predicted molar refractivity (Wildman–Crippen MR) is 63.5 cm³/mol. The lowest BCUT2D eigenvalue weighted by Crippen LogP contribution is -2.32. The standard InChI is InChI=1S/C12H19N3/c13-6-2-7-15-8-5-10-3-1-4-12(14)11(10)9-15/h1,3-4H,2,5-9,13-14H2. The summed E-state index contributed by atoms with van der Waals surface area (Å²) in [5.74, 6) is 0. The minimum atomic E-state index is 0.771. The van der Waals surface area contributed by atoms with Crippen molar-refractivity contribution in [1.29, 1.82) is 0 Å². The van der Waals surface area contributed by atoms with Crippen LogP contribution in [0.15, 0.2) is 18.2 Å². The van der Waals surface area contributed by atoms with Crippen molar-refractivity contribution in [2.24, 2.45) is 5.73 Å². The molecule has 0 bridgehead atoms. The van der Waals surface area contributed by atoms with Gasteiger partial charge in [0.25, 0.3) is 0 Å². The second-order valence-electron chi connectivity index (χ2n) is 4.15. The summed E-state index contributed by atoms with van der Waals surface area (Å²) in [5.41, 5.74) is 15.2. The Morgan fingerprint density at radius 3 is 3.00 bits per heavy atom. The quantitative estimate of drug-likeness (QED) is 0.723. The van der Waals surface area contributed by atoms with E-state index in [4.69, 9.17) is 11.5 Å². The van der Waals surface area contributed by atoms with Crippen LogP contribution in [0.25, 0.3) is 0 Å². The van der Waals surface area contributed by atoms with E-state index in [-0.39, 0.29) is 0 Å². The Hall–Kier alpha value is -1.06. The number of benzene rings is 1. The zero-order valence-electron chi connectivity index (χ0n) is 9.08. The molecule has 0 fully saturated rings. The van der Waals surface area contributed by atoms with Crippen LogP contribution >= 0.6 is 0 Å². The van der Waals surface area contributed by atoms with Gasteiger partial charge < -0.3 is 11.5 Å². The van der Waals surface area contributed by atoms with Crippen molar-refractivity contribution in [1.82, 2.24) is 4.90 Å². The fraction of sp³-hybridized carbons (Fsp3) is 0.500. The minimum absolute atomic E-state index is 0.771. The summed E-state index contributed by atoms with van der Waals surface area (Å²) in [6.45, 7) is 3.98. The normalized spacial score (nSPS) is 16.3. The lowest BCUT2D eigenvalue weighted by Gasteiger charge is -2.29. The highest BCUT2D eigenvalue weighted by Crippen LogP contribution is 2.23. The van der Waals surface area contributed by atoms with Gasteiger partial charge >= 0.3 is 0 Å². The second-order valence-corrected chi connectivity index (χ2v) is 4.15. The lowest BCUT2D eigenvalue weighted by molar-refractivity contribution is 0.253. The molecule has 0 saturated carbocycles. The van der Waals surface area contributed by atoms with Gasteiger partial charge in [0.15, 0.2) is 0 Å². The van der Waals surface area contributed by atoms with Crippen molar-refractivity contribution in [3.05, 3.63) is 29.3 Å². The maximum Gasteiger partial charge on any atom is 0.0362 e. The van der Waals surface area contributed by atoms with E-state index in [0.717, 1.165) is 44.7 Å². The third-order valence-electron chi connectivity index (χ3n) is 3.07. The molecule has 15 heavy (non-hydrogen) atoms. The van der Waals surface area contributed by atoms with Crippen molar-refractivity contribution in [2.75, 3.05) is 25.4 Å². The first kappa shape index (κ1) is 10.5. The Morgan fingerprint density at radius 2 is 2.20 bits per heavy atom. The Morgan fingerprint density at radius 1 is 1.33 bits per heavy atom. The van der Waals surface area contributed by atoms with E-state index in [0.29, 0.717) is 0 Å². The van der Waals surface area contributed by atoms with Crippen LogP contribution in [0.5, 0.6) is 0 Å². The van der Waals surface area contributed by atoms with Crippen molar-refractivity contribution < 1.29 is 0 Å². The molecule has 1 heterocycles. The fourth-order valence-electron chi connectivity index (χ4n) is 2.17. The summed E-state index contributed by atoms with van der Waals surface area (Å²) in [7, 11) is 0. The van der Waals surface area contributed by atoms with Gasteiger partial charge in [0.2, 0.25) is 0 Å². The molecule has 0 atom stereocenters. The summed E-state index contributed by atoms with van der Waals surface area (Å²) in [5, 5.41) is 0. The van der Waals surface area contributed by atoms with E-state index in [1.165, 1.54) is 11.1 Å². The molecule has 1 aliphatic rings. The summed E-state index contributed by atoms with van der Waals surface area (Å²) < 4.78 is 0. The fourth-order valence-corrected chi connectivity index (χ4v) is 2.17. The molecule has 0 unspecified atom stereocenters. The van der Waals surface area contributed by atoms with E-state index in [9.17, 15) is 0 Å². The molecule has 0 aromatic heterocycles. The van der Waals surface area contributed by atoms with E-state index >= 15 is 0 Å². The SMILES string of the molecule is NCCCN1CCc2cccc(N)c2C1. The summed E-state index contributed by atoms with van der Waals surface area (Å²) in [6, 6.07) is 6.22. The van der Waals surface area contributed by atoms with Gasteiger partial charge in [-0.2, -0.15) is 0 Å². The van der Waals surface area contributed by atoms with E-state index in [1.807, 2.05) is 12.1 Å². The molecule has 0 spiro atoms. The molecular formula is C12H19N3. The van der Waals surface area contributed by atoms with Crippen LogP contribution in [0.3, 0.4) is 0 Å². The highest BCUT2D eigenvalue weighted by molar-refractivity contribution is 5.51. The molecule has 1 aromatic rings. The summed E-state index contributed by atoms with van der Waals surface area (Å²) >= 11 is 0. The Balaban J connectivity index is 2.08. The van der Waals surface area contributed by atoms with Gasteiger partial charge in [-0.05, 0) is 43.1 Å². The van der Waals surface area contributed by atoms with E-state index < -0.39 is 0 Å². The highest BCUT2D eigenvalue weighted by Gasteiger charge is 2.16.